The van der Waals surface area contributed by atoms with Gasteiger partial charge in [-0.25, -0.2) is 4.39 Å². The lowest BCUT2D eigenvalue weighted by molar-refractivity contribution is 0.276. The highest BCUT2D eigenvalue weighted by atomic mass is 35.5. The molecule has 0 unspecified atom stereocenters. The van der Waals surface area contributed by atoms with Crippen LogP contribution in [0.25, 0.3) is 0 Å². The molecule has 0 heterocycles. The lowest BCUT2D eigenvalue weighted by Gasteiger charge is -2.20. The monoisotopic (exact) mass is 258 g/mol. The maximum absolute atomic E-state index is 13.6. The third kappa shape index (κ3) is 5.02. The smallest absolute Gasteiger partial charge is 0.127 e. The maximum Gasteiger partial charge on any atom is 0.127 e. The average Bonchev–Trinajstić information content (AvgIpc) is 2.32. The first-order valence-corrected chi connectivity index (χ1v) is 6.42. The summed E-state index contributed by atoms with van der Waals surface area (Å²) in [6.07, 6.45) is 0. The predicted molar refractivity (Wildman–Crippen MR) is 70.9 cm³/mol. The van der Waals surface area contributed by atoms with Crippen LogP contribution in [-0.2, 0) is 6.54 Å². The molecule has 1 aromatic rings. The van der Waals surface area contributed by atoms with Crippen LogP contribution in [0.5, 0.6) is 0 Å². The molecule has 0 aliphatic carbocycles. The molecule has 0 aromatic heterocycles. The average molecular weight is 259 g/mol. The zero-order valence-corrected chi connectivity index (χ0v) is 11.2. The molecule has 1 aromatic carbocycles. The van der Waals surface area contributed by atoms with Crippen molar-refractivity contribution in [1.82, 2.24) is 10.2 Å². The van der Waals surface area contributed by atoms with Crippen LogP contribution in [0, 0.1) is 5.82 Å². The summed E-state index contributed by atoms with van der Waals surface area (Å²) in [6, 6.07) is 4.71. The van der Waals surface area contributed by atoms with Crippen molar-refractivity contribution in [3.63, 3.8) is 0 Å². The SMILES string of the molecule is CCNCCN(CC)Cc1cc(Cl)ccc1F. The van der Waals surface area contributed by atoms with E-state index in [9.17, 15) is 4.39 Å². The van der Waals surface area contributed by atoms with Gasteiger partial charge in [-0.15, -0.1) is 0 Å². The maximum atomic E-state index is 13.6. The summed E-state index contributed by atoms with van der Waals surface area (Å²) in [7, 11) is 0. The van der Waals surface area contributed by atoms with Gasteiger partial charge in [-0.1, -0.05) is 25.4 Å². The second-order valence-electron chi connectivity index (χ2n) is 3.96. The minimum atomic E-state index is -0.184. The normalized spacial score (nSPS) is 11.1. The third-order valence-electron chi connectivity index (χ3n) is 2.70. The van der Waals surface area contributed by atoms with Crippen molar-refractivity contribution >= 4 is 11.6 Å². The molecule has 96 valence electrons. The van der Waals surface area contributed by atoms with Crippen LogP contribution in [-0.4, -0.2) is 31.1 Å². The Hall–Kier alpha value is -0.640. The fourth-order valence-electron chi connectivity index (χ4n) is 1.67. The Morgan fingerprint density at radius 2 is 2.12 bits per heavy atom. The number of benzene rings is 1. The number of halogens is 2. The molecule has 0 aliphatic rings. The number of rotatable bonds is 7. The fraction of sp³-hybridized carbons (Fsp3) is 0.538. The second kappa shape index (κ2) is 7.64. The van der Waals surface area contributed by atoms with Gasteiger partial charge in [0.05, 0.1) is 0 Å². The van der Waals surface area contributed by atoms with Gasteiger partial charge in [0, 0.05) is 30.2 Å². The molecular formula is C13H20ClFN2. The van der Waals surface area contributed by atoms with E-state index in [2.05, 4.69) is 24.1 Å². The first-order valence-electron chi connectivity index (χ1n) is 6.04. The van der Waals surface area contributed by atoms with Gasteiger partial charge in [0.2, 0.25) is 0 Å². The molecule has 0 aliphatic heterocycles. The molecule has 0 saturated carbocycles. The highest BCUT2D eigenvalue weighted by Gasteiger charge is 2.08. The van der Waals surface area contributed by atoms with E-state index in [1.807, 2.05) is 0 Å². The van der Waals surface area contributed by atoms with Crippen molar-refractivity contribution in [1.29, 1.82) is 0 Å². The highest BCUT2D eigenvalue weighted by molar-refractivity contribution is 6.30. The summed E-state index contributed by atoms with van der Waals surface area (Å²) >= 11 is 5.87. The molecule has 0 fully saturated rings. The first kappa shape index (κ1) is 14.4. The molecule has 17 heavy (non-hydrogen) atoms. The van der Waals surface area contributed by atoms with E-state index < -0.39 is 0 Å². The molecule has 4 heteroatoms. The van der Waals surface area contributed by atoms with Crippen molar-refractivity contribution < 1.29 is 4.39 Å². The Labute approximate surface area is 108 Å². The lowest BCUT2D eigenvalue weighted by Crippen LogP contribution is -2.31. The van der Waals surface area contributed by atoms with E-state index in [1.165, 1.54) is 6.07 Å². The van der Waals surface area contributed by atoms with Gasteiger partial charge in [0.1, 0.15) is 5.82 Å². The Balaban J connectivity index is 2.57. The largest absolute Gasteiger partial charge is 0.316 e. The van der Waals surface area contributed by atoms with Gasteiger partial charge >= 0.3 is 0 Å². The van der Waals surface area contributed by atoms with Crippen LogP contribution in [0.4, 0.5) is 4.39 Å². The molecule has 0 bridgehead atoms. The van der Waals surface area contributed by atoms with Crippen LogP contribution >= 0.6 is 11.6 Å². The molecule has 0 atom stereocenters. The summed E-state index contributed by atoms with van der Waals surface area (Å²) in [4.78, 5) is 2.19. The number of hydrogen-bond acceptors (Lipinski definition) is 2. The van der Waals surface area contributed by atoms with Gasteiger partial charge in [-0.05, 0) is 31.3 Å². The molecule has 1 rings (SSSR count). The van der Waals surface area contributed by atoms with Crippen molar-refractivity contribution in [3.8, 4) is 0 Å². The standard InChI is InChI=1S/C13H20ClFN2/c1-3-16-7-8-17(4-2)10-11-9-12(14)5-6-13(11)15/h5-6,9,16H,3-4,7-8,10H2,1-2H3. The van der Waals surface area contributed by atoms with Crippen molar-refractivity contribution in [2.75, 3.05) is 26.2 Å². The zero-order chi connectivity index (χ0) is 12.7. The quantitative estimate of drug-likeness (QED) is 0.757. The Morgan fingerprint density at radius 1 is 1.35 bits per heavy atom. The summed E-state index contributed by atoms with van der Waals surface area (Å²) in [6.45, 7) is 8.46. The minimum absolute atomic E-state index is 0.184. The summed E-state index contributed by atoms with van der Waals surface area (Å²) < 4.78 is 13.6. The number of hydrogen-bond donors (Lipinski definition) is 1. The molecule has 2 nitrogen and oxygen atoms in total. The van der Waals surface area contributed by atoms with Gasteiger partial charge in [-0.3, -0.25) is 4.90 Å². The highest BCUT2D eigenvalue weighted by Crippen LogP contribution is 2.16. The zero-order valence-electron chi connectivity index (χ0n) is 10.5. The molecule has 1 N–H and O–H groups in total. The predicted octanol–water partition coefficient (Wildman–Crippen LogP) is 2.91. The summed E-state index contributed by atoms with van der Waals surface area (Å²) in [5.74, 6) is -0.184. The van der Waals surface area contributed by atoms with Crippen LogP contribution in [0.2, 0.25) is 5.02 Å². The van der Waals surface area contributed by atoms with Crippen LogP contribution in [0.3, 0.4) is 0 Å². The Morgan fingerprint density at radius 3 is 2.76 bits per heavy atom. The second-order valence-corrected chi connectivity index (χ2v) is 4.39. The van der Waals surface area contributed by atoms with E-state index in [0.717, 1.165) is 26.2 Å². The van der Waals surface area contributed by atoms with Crippen molar-refractivity contribution in [3.05, 3.63) is 34.6 Å². The van der Waals surface area contributed by atoms with Crippen molar-refractivity contribution in [2.45, 2.75) is 20.4 Å². The molecule has 0 spiro atoms. The molecule has 0 radical (unpaired) electrons. The number of nitrogens with one attached hydrogen (secondary N) is 1. The van der Waals surface area contributed by atoms with E-state index in [4.69, 9.17) is 11.6 Å². The minimum Gasteiger partial charge on any atom is -0.316 e. The molecule has 0 amide bonds. The van der Waals surface area contributed by atoms with Gasteiger partial charge in [0.25, 0.3) is 0 Å². The molecular weight excluding hydrogens is 239 g/mol. The van der Waals surface area contributed by atoms with Crippen LogP contribution in [0.1, 0.15) is 19.4 Å². The topological polar surface area (TPSA) is 15.3 Å². The number of likely N-dealkylation sites (N-methyl/N-ethyl adjacent to an activating group) is 2. The van der Waals surface area contributed by atoms with Gasteiger partial charge in [-0.2, -0.15) is 0 Å². The van der Waals surface area contributed by atoms with Crippen LogP contribution in [0.15, 0.2) is 18.2 Å². The molecule has 0 saturated heterocycles. The van der Waals surface area contributed by atoms with Gasteiger partial charge in [0.15, 0.2) is 0 Å². The van der Waals surface area contributed by atoms with Crippen LogP contribution < -0.4 is 5.32 Å². The number of nitrogens with zero attached hydrogens (tertiary/aromatic N) is 1. The first-order chi connectivity index (χ1) is 8.17. The lowest BCUT2D eigenvalue weighted by atomic mass is 10.2. The van der Waals surface area contributed by atoms with E-state index in [-0.39, 0.29) is 5.82 Å². The fourth-order valence-corrected chi connectivity index (χ4v) is 1.86. The van der Waals surface area contributed by atoms with E-state index in [0.29, 0.717) is 17.1 Å². The van der Waals surface area contributed by atoms with E-state index >= 15 is 0 Å². The van der Waals surface area contributed by atoms with Gasteiger partial charge < -0.3 is 5.32 Å². The van der Waals surface area contributed by atoms with E-state index in [1.54, 1.807) is 12.1 Å². The Bertz CT molecular complexity index is 344. The third-order valence-corrected chi connectivity index (χ3v) is 2.94. The summed E-state index contributed by atoms with van der Waals surface area (Å²) in [5, 5.41) is 3.85. The summed E-state index contributed by atoms with van der Waals surface area (Å²) in [5.41, 5.74) is 0.663. The van der Waals surface area contributed by atoms with Crippen molar-refractivity contribution in [2.24, 2.45) is 0 Å². The Kier molecular flexibility index (Phi) is 6.48.